The number of nitrogen functional groups attached to an aromatic ring is 1. The number of nitrogens with two attached hydrogens (primary N) is 1. The molecular weight excluding hydrogens is 1200 g/mol. The van der Waals surface area contributed by atoms with Crippen molar-refractivity contribution in [2.45, 2.75) is 196 Å². The largest absolute Gasteiger partial charge is 0.447 e. The lowest BCUT2D eigenvalue weighted by molar-refractivity contribution is -0.307. The molecule has 91 heavy (non-hydrogen) atoms. The van der Waals surface area contributed by atoms with E-state index in [1.807, 2.05) is 67.6 Å². The molecule has 5 saturated heterocycles. The van der Waals surface area contributed by atoms with E-state index < -0.39 is 35.0 Å². The van der Waals surface area contributed by atoms with Crippen LogP contribution in [0, 0.1) is 29.6 Å². The molecule has 518 valence electrons. The van der Waals surface area contributed by atoms with Gasteiger partial charge in [-0.05, 0) is 137 Å². The molecule has 0 bridgehead atoms. The van der Waals surface area contributed by atoms with Gasteiger partial charge in [-0.25, -0.2) is 43.7 Å². The Morgan fingerprint density at radius 2 is 1.22 bits per heavy atom. The maximum atomic E-state index is 12.2. The number of amides is 8. The molecule has 2 spiro atoms. The number of nitrogens with one attached hydrogen (secondary N) is 1. The number of likely N-dealkylation sites (tertiary alicyclic amines) is 1. The molecule has 7 fully saturated rings. The Kier molecular flexibility index (Phi) is 27.9. The molecule has 2 aromatic heterocycles. The SMILES string of the molecule is C.CC(C)C1=NN(C)C(=O)C1(C)C.CC(C)C1=NN(CC(F)(F)F)C(=O)C1(C)C.CN1C(=O)NC(C)(C)C1=O.CN1C(=O)OCC12CC2.CN1C(=O)OCC12CCCC2.CN1C(OO)CCC1(C)C.C[C@H]1COC(=O)N1C.Cc1nnnn1C.Cn1cnc(N)n1. The topological polar surface area (TPSA) is 336 Å². The molecule has 9 heterocycles. The molecule has 2 aliphatic carbocycles. The average molecular weight is 1300 g/mol. The second kappa shape index (κ2) is 31.8. The van der Waals surface area contributed by atoms with Gasteiger partial charge in [0.1, 0.15) is 50.3 Å². The number of hydrogen-bond acceptors (Lipinski definition) is 21. The number of likely N-dealkylation sites (N-methyl/N-ethyl adjacent to an activating group) is 4. The molecule has 30 nitrogen and oxygen atoms in total. The Morgan fingerprint density at radius 3 is 1.42 bits per heavy atom. The number of anilines is 1. The van der Waals surface area contributed by atoms with Crippen molar-refractivity contribution < 1.29 is 71.1 Å². The summed E-state index contributed by atoms with van der Waals surface area (Å²) in [5, 5.41) is 35.2. The Labute approximate surface area is 533 Å². The molecule has 33 heteroatoms. The molecule has 2 saturated carbocycles. The molecular formula is C58H103F3N18O12. The summed E-state index contributed by atoms with van der Waals surface area (Å²) in [6.45, 7) is 26.7. The normalized spacial score (nSPS) is 22.9. The number of carbonyl (C=O) groups is 7. The van der Waals surface area contributed by atoms with Crippen LogP contribution >= 0.6 is 0 Å². The van der Waals surface area contributed by atoms with E-state index in [1.54, 1.807) is 86.3 Å². The fourth-order valence-corrected chi connectivity index (χ4v) is 10.3. The number of imide groups is 1. The fraction of sp³-hybridized carbons (Fsp3) is 0.793. The molecule has 0 radical (unpaired) electrons. The zero-order valence-corrected chi connectivity index (χ0v) is 56.7. The van der Waals surface area contributed by atoms with Gasteiger partial charge in [0.05, 0.1) is 39.4 Å². The molecule has 8 amide bonds. The van der Waals surface area contributed by atoms with Gasteiger partial charge in [-0.15, -0.1) is 10.2 Å². The zero-order chi connectivity index (χ0) is 69.0. The number of aromatic nitrogens is 7. The van der Waals surface area contributed by atoms with Gasteiger partial charge in [0.15, 0.2) is 0 Å². The average Bonchev–Trinajstić information content (AvgIpc) is 1.62. The molecule has 7 aliphatic heterocycles. The maximum absolute atomic E-state index is 12.2. The van der Waals surface area contributed by atoms with Crippen LogP contribution in [0.1, 0.15) is 155 Å². The number of ether oxygens (including phenoxy) is 3. The van der Waals surface area contributed by atoms with E-state index in [4.69, 9.17) is 20.5 Å². The first-order valence-electron chi connectivity index (χ1n) is 29.7. The first-order valence-corrected chi connectivity index (χ1v) is 29.7. The van der Waals surface area contributed by atoms with Crippen LogP contribution in [-0.2, 0) is 47.6 Å². The van der Waals surface area contributed by atoms with Crippen LogP contribution in [0.2, 0.25) is 0 Å². The predicted molar refractivity (Wildman–Crippen MR) is 332 cm³/mol. The number of hydrazone groups is 2. The molecule has 4 N–H and O–H groups in total. The van der Waals surface area contributed by atoms with E-state index in [1.165, 1.54) is 24.9 Å². The Balaban J connectivity index is 0.000000352. The number of carbonyl (C=O) groups excluding carboxylic acids is 7. The minimum atomic E-state index is -4.42. The van der Waals surface area contributed by atoms with Crippen molar-refractivity contribution in [2.75, 3.05) is 74.4 Å². The molecule has 11 rings (SSSR count). The van der Waals surface area contributed by atoms with E-state index in [0.717, 1.165) is 55.0 Å². The van der Waals surface area contributed by atoms with E-state index >= 15 is 0 Å². The number of halogens is 3. The number of urea groups is 1. The summed E-state index contributed by atoms with van der Waals surface area (Å²) >= 11 is 0. The fourth-order valence-electron chi connectivity index (χ4n) is 10.3. The van der Waals surface area contributed by atoms with Crippen LogP contribution in [0.25, 0.3) is 0 Å². The van der Waals surface area contributed by atoms with Gasteiger partial charge in [-0.3, -0.25) is 34.1 Å². The van der Waals surface area contributed by atoms with E-state index in [9.17, 15) is 46.7 Å². The quantitative estimate of drug-likeness (QED) is 0.118. The standard InChI is InChI=1S/C10H15F3N2O.C9H16N2O.C8H13NO2.C7H15NO2.C6H10N2O2.C6H9NO2.C5H9NO2.2C3H6N4.CH4/c1-6(2)7-9(3,4)8(16)15(14-7)5-10(11,12)13;1-6(2)7-9(3,4)8(12)11(5)10-7;1-9-7(10)11-6-8(9)4-2-3-5-8;1-7(2)5-4-6(10-9)8(7)3;1-6(2)4(9)8(3)5(10)7-6;1-7-5(8)9-4-6(7)2-3-6;1-4-3-8-5(7)6(4)2;1-7-2-5-3(4)6-7;1-3-4-5-6-7(3)2;/h6H,5H2,1-4H3;6H,1-5H3;2-6H2,1H3;6,9H,4-5H2,1-3H3;1-3H3,(H,7,10);2-4H2,1H3;4H,3H2,1-2H3;2H,1H3,(H2,4,6);1-2H3;1H4/t;;;;;;4-;;;/m......0.../s1. The summed E-state index contributed by atoms with van der Waals surface area (Å²) in [5.74, 6) is 0.769. The lowest BCUT2D eigenvalue weighted by Gasteiger charge is -2.29. The number of aryl methyl sites for hydroxylation is 3. The summed E-state index contributed by atoms with van der Waals surface area (Å²) in [6.07, 6.45) is 5.47. The summed E-state index contributed by atoms with van der Waals surface area (Å²) in [4.78, 5) is 93.6. The number of hydrogen-bond donors (Lipinski definition) is 3. The maximum Gasteiger partial charge on any atom is 0.410 e. The van der Waals surface area contributed by atoms with E-state index in [2.05, 4.69) is 78.4 Å². The van der Waals surface area contributed by atoms with Gasteiger partial charge in [-0.2, -0.15) is 23.4 Å². The minimum absolute atomic E-state index is 0. The molecule has 2 atom stereocenters. The van der Waals surface area contributed by atoms with Crippen molar-refractivity contribution in [3.8, 4) is 0 Å². The number of cyclic esters (lactones) is 3. The summed E-state index contributed by atoms with van der Waals surface area (Å²) in [7, 11) is 14.1. The van der Waals surface area contributed by atoms with Crippen molar-refractivity contribution >= 4 is 59.4 Å². The van der Waals surface area contributed by atoms with Gasteiger partial charge in [0.25, 0.3) is 17.7 Å². The van der Waals surface area contributed by atoms with Gasteiger partial charge >= 0.3 is 30.5 Å². The highest BCUT2D eigenvalue weighted by Crippen LogP contribution is 2.45. The summed E-state index contributed by atoms with van der Waals surface area (Å²) in [6, 6.07) is -0.0718. The first-order chi connectivity index (χ1) is 41.2. The van der Waals surface area contributed by atoms with Crippen molar-refractivity contribution in [2.24, 2.45) is 47.0 Å². The van der Waals surface area contributed by atoms with Crippen LogP contribution < -0.4 is 11.1 Å². The van der Waals surface area contributed by atoms with Gasteiger partial charge in [0, 0.05) is 54.9 Å². The van der Waals surface area contributed by atoms with E-state index in [0.29, 0.717) is 42.4 Å². The molecule has 2 aromatic rings. The number of alkyl halides is 3. The Morgan fingerprint density at radius 1 is 0.725 bits per heavy atom. The van der Waals surface area contributed by atoms with Gasteiger partial charge in [0.2, 0.25) is 5.95 Å². The van der Waals surface area contributed by atoms with Gasteiger partial charge in [-0.1, -0.05) is 48.0 Å². The summed E-state index contributed by atoms with van der Waals surface area (Å²) in [5.41, 5.74) is 4.96. The van der Waals surface area contributed by atoms with Crippen molar-refractivity contribution in [3.05, 3.63) is 12.2 Å². The zero-order valence-electron chi connectivity index (χ0n) is 56.7. The van der Waals surface area contributed by atoms with Crippen molar-refractivity contribution in [1.29, 1.82) is 0 Å². The smallest absolute Gasteiger partial charge is 0.410 e. The highest BCUT2D eigenvalue weighted by molar-refractivity contribution is 6.13. The number of rotatable bonds is 4. The van der Waals surface area contributed by atoms with E-state index in [-0.39, 0.29) is 78.4 Å². The number of tetrazole rings is 1. The third-order valence-corrected chi connectivity index (χ3v) is 17.0. The monoisotopic (exact) mass is 1300 g/mol. The summed E-state index contributed by atoms with van der Waals surface area (Å²) < 4.78 is 54.2. The molecule has 0 aromatic carbocycles. The van der Waals surface area contributed by atoms with Crippen molar-refractivity contribution in [1.82, 2.24) is 74.8 Å². The second-order valence-electron chi connectivity index (χ2n) is 26.3. The lowest BCUT2D eigenvalue weighted by atomic mass is 9.82. The van der Waals surface area contributed by atoms with Crippen LogP contribution in [0.15, 0.2) is 16.5 Å². The molecule has 9 aliphatic rings. The first kappa shape index (κ1) is 79.8. The Bertz CT molecular complexity index is 2830. The van der Waals surface area contributed by atoms with Gasteiger partial charge < -0.3 is 40.0 Å². The van der Waals surface area contributed by atoms with Crippen LogP contribution in [0.3, 0.4) is 0 Å². The predicted octanol–water partition coefficient (Wildman–Crippen LogP) is 7.17. The van der Waals surface area contributed by atoms with Crippen LogP contribution in [0.5, 0.6) is 0 Å². The highest BCUT2D eigenvalue weighted by Gasteiger charge is 2.55. The number of nitrogens with zero attached hydrogens (tertiary/aromatic N) is 16. The second-order valence-corrected chi connectivity index (χ2v) is 26.3. The minimum Gasteiger partial charge on any atom is -0.447 e. The van der Waals surface area contributed by atoms with Crippen LogP contribution in [-0.4, -0.2) is 237 Å². The van der Waals surface area contributed by atoms with Crippen molar-refractivity contribution in [3.63, 3.8) is 0 Å². The molecule has 1 unspecified atom stereocenters. The Hall–Kier alpha value is -7.29. The third kappa shape index (κ3) is 20.9. The lowest BCUT2D eigenvalue weighted by Crippen LogP contribution is -2.41. The third-order valence-electron chi connectivity index (χ3n) is 17.0. The van der Waals surface area contributed by atoms with Crippen LogP contribution in [0.4, 0.5) is 38.3 Å². The highest BCUT2D eigenvalue weighted by atomic mass is 19.4.